The summed E-state index contributed by atoms with van der Waals surface area (Å²) in [6.45, 7) is 4.94. The predicted octanol–water partition coefficient (Wildman–Crippen LogP) is 5.28. The summed E-state index contributed by atoms with van der Waals surface area (Å²) in [6, 6.07) is 10.3. The van der Waals surface area contributed by atoms with Crippen molar-refractivity contribution in [2.24, 2.45) is 0 Å². The van der Waals surface area contributed by atoms with Crippen LogP contribution in [-0.2, 0) is 25.7 Å². The largest absolute Gasteiger partial charge is 0.489 e. The van der Waals surface area contributed by atoms with E-state index in [1.54, 1.807) is 50.2 Å². The topological polar surface area (TPSA) is 82.1 Å². The molecule has 0 aliphatic heterocycles. The minimum absolute atomic E-state index is 0.0241. The summed E-state index contributed by atoms with van der Waals surface area (Å²) in [7, 11) is 0. The fourth-order valence-corrected chi connectivity index (χ4v) is 3.06. The molecule has 0 fully saturated rings. The number of carbonyl (C=O) groups excluding carboxylic acids is 1. The van der Waals surface area contributed by atoms with Crippen molar-refractivity contribution < 1.29 is 28.9 Å². The molecule has 0 saturated heterocycles. The van der Waals surface area contributed by atoms with Crippen LogP contribution in [-0.4, -0.2) is 30.3 Å². The number of hydrogen-bond acceptors (Lipinski definition) is 5. The third-order valence-electron chi connectivity index (χ3n) is 4.15. The fourth-order valence-electron chi connectivity index (χ4n) is 2.60. The lowest BCUT2D eigenvalue weighted by Gasteiger charge is -2.16. The molecule has 2 aromatic carbocycles. The van der Waals surface area contributed by atoms with E-state index >= 15 is 0 Å². The minimum Gasteiger partial charge on any atom is -0.489 e. The second-order valence-corrected chi connectivity index (χ2v) is 7.20. The van der Waals surface area contributed by atoms with E-state index in [9.17, 15) is 14.7 Å². The summed E-state index contributed by atoms with van der Waals surface area (Å²) in [4.78, 5) is 23.1. The molecule has 8 heteroatoms. The molecule has 2 aromatic rings. The molecule has 0 radical (unpaired) electrons. The van der Waals surface area contributed by atoms with Gasteiger partial charge in [0.25, 0.3) is 0 Å². The molecule has 1 N–H and O–H groups in total. The minimum atomic E-state index is -1.15. The molecule has 0 atom stereocenters. The third-order valence-corrected chi connectivity index (χ3v) is 4.74. The van der Waals surface area contributed by atoms with Crippen LogP contribution in [0.15, 0.2) is 42.0 Å². The van der Waals surface area contributed by atoms with Crippen LogP contribution in [0.4, 0.5) is 0 Å². The Morgan fingerprint density at radius 2 is 1.80 bits per heavy atom. The first-order valence-corrected chi connectivity index (χ1v) is 9.88. The van der Waals surface area contributed by atoms with Crippen LogP contribution in [0.1, 0.15) is 30.5 Å². The van der Waals surface area contributed by atoms with Crippen molar-refractivity contribution >= 4 is 40.9 Å². The maximum Gasteiger partial charge on any atom is 0.344 e. The number of benzene rings is 2. The van der Waals surface area contributed by atoms with E-state index in [0.717, 1.165) is 5.56 Å². The van der Waals surface area contributed by atoms with E-state index in [0.29, 0.717) is 26.9 Å². The molecule has 160 valence electrons. The highest BCUT2D eigenvalue weighted by Crippen LogP contribution is 2.28. The Kier molecular flexibility index (Phi) is 8.57. The maximum atomic E-state index is 11.6. The highest BCUT2D eigenvalue weighted by Gasteiger charge is 2.18. The van der Waals surface area contributed by atoms with Crippen molar-refractivity contribution in [1.82, 2.24) is 0 Å². The molecule has 0 aliphatic rings. The molecule has 6 nitrogen and oxygen atoms in total. The van der Waals surface area contributed by atoms with Crippen LogP contribution in [0.25, 0.3) is 5.76 Å². The monoisotopic (exact) mass is 452 g/mol. The summed E-state index contributed by atoms with van der Waals surface area (Å²) in [5, 5.41) is 10.4. The second kappa shape index (κ2) is 10.9. The highest BCUT2D eigenvalue weighted by molar-refractivity contribution is 6.35. The lowest BCUT2D eigenvalue weighted by atomic mass is 10.0. The highest BCUT2D eigenvalue weighted by atomic mass is 35.5. The Bertz CT molecular complexity index is 968. The van der Waals surface area contributed by atoms with Crippen LogP contribution >= 0.6 is 23.2 Å². The Morgan fingerprint density at radius 1 is 1.07 bits per heavy atom. The number of esters is 1. The number of carboxylic acids is 1. The molecular weight excluding hydrogens is 431 g/mol. The summed E-state index contributed by atoms with van der Waals surface area (Å²) >= 11 is 12.1. The SMILES string of the molecule is CCOC(=O)COC(=C(C)C(=O)O)c1ccc(OCc2ccc(Cl)cc2Cl)cc1C. The quantitative estimate of drug-likeness (QED) is 0.316. The standard InChI is InChI=1S/C22H22Cl2O6/c1-4-28-20(25)12-30-21(14(3)22(26)27)18-8-7-17(9-13(18)2)29-11-15-5-6-16(23)10-19(15)24/h5-10H,4,11-12H2,1-3H3,(H,26,27). The first-order chi connectivity index (χ1) is 14.2. The van der Waals surface area contributed by atoms with E-state index in [2.05, 4.69) is 0 Å². The van der Waals surface area contributed by atoms with Gasteiger partial charge in [-0.2, -0.15) is 0 Å². The zero-order chi connectivity index (χ0) is 22.3. The summed E-state index contributed by atoms with van der Waals surface area (Å²) < 4.78 is 16.1. The summed E-state index contributed by atoms with van der Waals surface area (Å²) in [5.41, 5.74) is 2.01. The zero-order valence-electron chi connectivity index (χ0n) is 16.8. The van der Waals surface area contributed by atoms with E-state index in [1.807, 2.05) is 0 Å². The number of ether oxygens (including phenoxy) is 3. The van der Waals surface area contributed by atoms with Gasteiger partial charge in [-0.15, -0.1) is 0 Å². The van der Waals surface area contributed by atoms with Gasteiger partial charge in [-0.05, 0) is 56.7 Å². The van der Waals surface area contributed by atoms with Gasteiger partial charge in [0.05, 0.1) is 12.2 Å². The van der Waals surface area contributed by atoms with Gasteiger partial charge in [0.2, 0.25) is 0 Å². The molecule has 0 heterocycles. The first kappa shape index (κ1) is 23.6. The lowest BCUT2D eigenvalue weighted by molar-refractivity contribution is -0.146. The smallest absolute Gasteiger partial charge is 0.344 e. The van der Waals surface area contributed by atoms with E-state index in [-0.39, 0.29) is 31.2 Å². The Labute approximate surface area is 185 Å². The van der Waals surface area contributed by atoms with Crippen LogP contribution in [0.5, 0.6) is 5.75 Å². The molecule has 0 bridgehead atoms. The normalized spacial score (nSPS) is 11.5. The number of carbonyl (C=O) groups is 2. The molecular formula is C22H22Cl2O6. The Morgan fingerprint density at radius 3 is 2.40 bits per heavy atom. The predicted molar refractivity (Wildman–Crippen MR) is 115 cm³/mol. The second-order valence-electron chi connectivity index (χ2n) is 6.35. The summed E-state index contributed by atoms with van der Waals surface area (Å²) in [6.07, 6.45) is 0. The van der Waals surface area contributed by atoms with Crippen LogP contribution in [0, 0.1) is 6.92 Å². The van der Waals surface area contributed by atoms with Gasteiger partial charge < -0.3 is 19.3 Å². The Balaban J connectivity index is 2.21. The molecule has 0 saturated carbocycles. The zero-order valence-corrected chi connectivity index (χ0v) is 18.3. The third kappa shape index (κ3) is 6.40. The van der Waals surface area contributed by atoms with E-state index in [1.165, 1.54) is 6.92 Å². The maximum absolute atomic E-state index is 11.6. The van der Waals surface area contributed by atoms with Crippen molar-refractivity contribution in [3.63, 3.8) is 0 Å². The van der Waals surface area contributed by atoms with Crippen LogP contribution in [0.3, 0.4) is 0 Å². The molecule has 30 heavy (non-hydrogen) atoms. The van der Waals surface area contributed by atoms with Crippen molar-refractivity contribution in [3.8, 4) is 5.75 Å². The van der Waals surface area contributed by atoms with Crippen LogP contribution in [0.2, 0.25) is 10.0 Å². The average Bonchev–Trinajstić information content (AvgIpc) is 2.68. The molecule has 0 unspecified atom stereocenters. The molecule has 0 aromatic heterocycles. The van der Waals surface area contributed by atoms with Crippen molar-refractivity contribution in [3.05, 3.63) is 68.7 Å². The number of aryl methyl sites for hydroxylation is 1. The molecule has 2 rings (SSSR count). The number of halogens is 2. The molecule has 0 amide bonds. The van der Waals surface area contributed by atoms with Gasteiger partial charge in [0.1, 0.15) is 18.1 Å². The van der Waals surface area contributed by atoms with Crippen molar-refractivity contribution in [2.45, 2.75) is 27.4 Å². The molecule has 0 aliphatic carbocycles. The van der Waals surface area contributed by atoms with E-state index in [4.69, 9.17) is 37.4 Å². The van der Waals surface area contributed by atoms with Crippen LogP contribution < -0.4 is 4.74 Å². The Hall–Kier alpha value is -2.70. The number of carboxylic acid groups (broad SMARTS) is 1. The lowest BCUT2D eigenvalue weighted by Crippen LogP contribution is -2.14. The van der Waals surface area contributed by atoms with Crippen molar-refractivity contribution in [2.75, 3.05) is 13.2 Å². The summed E-state index contributed by atoms with van der Waals surface area (Å²) in [5.74, 6) is -1.06. The van der Waals surface area contributed by atoms with Gasteiger partial charge in [-0.25, -0.2) is 9.59 Å². The van der Waals surface area contributed by atoms with Gasteiger partial charge in [-0.3, -0.25) is 0 Å². The van der Waals surface area contributed by atoms with Gasteiger partial charge in [0, 0.05) is 21.2 Å². The van der Waals surface area contributed by atoms with Gasteiger partial charge in [-0.1, -0.05) is 29.3 Å². The fraction of sp³-hybridized carbons (Fsp3) is 0.273. The van der Waals surface area contributed by atoms with Crippen molar-refractivity contribution in [1.29, 1.82) is 0 Å². The average molecular weight is 453 g/mol. The van der Waals surface area contributed by atoms with E-state index < -0.39 is 11.9 Å². The first-order valence-electron chi connectivity index (χ1n) is 9.13. The number of rotatable bonds is 9. The van der Waals surface area contributed by atoms with Gasteiger partial charge in [0.15, 0.2) is 6.61 Å². The number of hydrogen-bond donors (Lipinski definition) is 1. The number of aliphatic carboxylic acids is 1. The molecule has 0 spiro atoms. The van der Waals surface area contributed by atoms with Gasteiger partial charge >= 0.3 is 11.9 Å².